The monoisotopic (exact) mass is 235 g/mol. The highest BCUT2D eigenvalue weighted by molar-refractivity contribution is 5.02. The highest BCUT2D eigenvalue weighted by Crippen LogP contribution is 2.21. The van der Waals surface area contributed by atoms with Crippen LogP contribution in [-0.4, -0.2) is 22.4 Å². The molecule has 1 fully saturated rings. The highest BCUT2D eigenvalue weighted by Gasteiger charge is 2.21. The van der Waals surface area contributed by atoms with Crippen molar-refractivity contribution in [2.75, 3.05) is 6.54 Å². The van der Waals surface area contributed by atoms with E-state index in [1.165, 1.54) is 31.5 Å². The molecule has 17 heavy (non-hydrogen) atoms. The van der Waals surface area contributed by atoms with Crippen LogP contribution in [0.5, 0.6) is 0 Å². The van der Waals surface area contributed by atoms with Crippen LogP contribution in [0.3, 0.4) is 0 Å². The molecule has 0 bridgehead atoms. The number of hydrogen-bond acceptors (Lipinski definition) is 2. The number of nitrogens with zero attached hydrogens (tertiary/aromatic N) is 2. The Hall–Kier alpha value is -0.830. The van der Waals surface area contributed by atoms with Crippen molar-refractivity contribution >= 4 is 0 Å². The van der Waals surface area contributed by atoms with Gasteiger partial charge in [-0.15, -0.1) is 0 Å². The summed E-state index contributed by atoms with van der Waals surface area (Å²) in [6.45, 7) is 7.82. The summed E-state index contributed by atoms with van der Waals surface area (Å²) in [6, 6.07) is 3.26. The molecule has 1 N–H and O–H groups in total. The lowest BCUT2D eigenvalue weighted by Gasteiger charge is -2.29. The molecule has 2 unspecified atom stereocenters. The van der Waals surface area contributed by atoms with E-state index in [2.05, 4.69) is 48.1 Å². The van der Waals surface area contributed by atoms with Crippen molar-refractivity contribution in [1.82, 2.24) is 15.1 Å². The molecule has 2 rings (SSSR count). The van der Waals surface area contributed by atoms with Gasteiger partial charge in [0, 0.05) is 24.7 Å². The van der Waals surface area contributed by atoms with E-state index in [0.717, 1.165) is 12.3 Å². The first-order valence-electron chi connectivity index (χ1n) is 6.96. The third-order valence-corrected chi connectivity index (χ3v) is 3.83. The predicted molar refractivity (Wildman–Crippen MR) is 71.1 cm³/mol. The van der Waals surface area contributed by atoms with Gasteiger partial charge in [0.2, 0.25) is 0 Å². The fourth-order valence-corrected chi connectivity index (χ4v) is 2.65. The predicted octanol–water partition coefficient (Wildman–Crippen LogP) is 2.78. The van der Waals surface area contributed by atoms with E-state index >= 15 is 0 Å². The van der Waals surface area contributed by atoms with Gasteiger partial charge >= 0.3 is 0 Å². The van der Waals surface area contributed by atoms with Crippen LogP contribution < -0.4 is 5.32 Å². The highest BCUT2D eigenvalue weighted by atomic mass is 15.3. The fraction of sp³-hybridized carbons (Fsp3) is 0.786. The van der Waals surface area contributed by atoms with E-state index in [1.807, 2.05) is 0 Å². The van der Waals surface area contributed by atoms with Crippen molar-refractivity contribution in [2.24, 2.45) is 5.92 Å². The second-order valence-electron chi connectivity index (χ2n) is 5.53. The quantitative estimate of drug-likeness (QED) is 0.869. The summed E-state index contributed by atoms with van der Waals surface area (Å²) in [7, 11) is 0. The van der Waals surface area contributed by atoms with Crippen molar-refractivity contribution < 1.29 is 0 Å². The van der Waals surface area contributed by atoms with Crippen molar-refractivity contribution in [2.45, 2.75) is 58.5 Å². The summed E-state index contributed by atoms with van der Waals surface area (Å²) in [6.07, 6.45) is 7.15. The molecule has 0 amide bonds. The van der Waals surface area contributed by atoms with Gasteiger partial charge in [0.25, 0.3) is 0 Å². The van der Waals surface area contributed by atoms with Gasteiger partial charge in [-0.05, 0) is 45.2 Å². The molecule has 1 aliphatic heterocycles. The van der Waals surface area contributed by atoms with Gasteiger partial charge in [0.15, 0.2) is 0 Å². The summed E-state index contributed by atoms with van der Waals surface area (Å²) >= 11 is 0. The lowest BCUT2D eigenvalue weighted by atomic mass is 9.88. The molecule has 1 aromatic heterocycles. The molecule has 1 saturated heterocycles. The molecule has 0 saturated carbocycles. The van der Waals surface area contributed by atoms with Gasteiger partial charge in [-0.1, -0.05) is 13.3 Å². The van der Waals surface area contributed by atoms with Crippen LogP contribution in [0, 0.1) is 5.92 Å². The summed E-state index contributed by atoms with van der Waals surface area (Å²) in [5.74, 6) is 0.911. The van der Waals surface area contributed by atoms with E-state index in [4.69, 9.17) is 0 Å². The van der Waals surface area contributed by atoms with Crippen LogP contribution in [0.25, 0.3) is 0 Å². The number of rotatable bonds is 4. The smallest absolute Gasteiger partial charge is 0.0640 e. The summed E-state index contributed by atoms with van der Waals surface area (Å²) < 4.78 is 2.05. The van der Waals surface area contributed by atoms with Crippen LogP contribution >= 0.6 is 0 Å². The Balaban J connectivity index is 1.91. The average molecular weight is 235 g/mol. The lowest BCUT2D eigenvalue weighted by Crippen LogP contribution is -2.39. The third kappa shape index (κ3) is 3.32. The van der Waals surface area contributed by atoms with Crippen LogP contribution in [0.4, 0.5) is 0 Å². The molecule has 2 heterocycles. The standard InChI is InChI=1S/C14H25N3/c1-4-12-5-7-15-14(9-12)10-13-6-8-17(16-13)11(2)3/h6,8,11-12,14-15H,4-5,7,9-10H2,1-3H3. The molecular formula is C14H25N3. The second kappa shape index (κ2) is 5.67. The van der Waals surface area contributed by atoms with Crippen molar-refractivity contribution in [3.63, 3.8) is 0 Å². The second-order valence-corrected chi connectivity index (χ2v) is 5.53. The molecule has 2 atom stereocenters. The first-order valence-corrected chi connectivity index (χ1v) is 6.96. The van der Waals surface area contributed by atoms with E-state index in [9.17, 15) is 0 Å². The maximum absolute atomic E-state index is 4.63. The molecule has 1 aromatic rings. The minimum atomic E-state index is 0.464. The molecule has 1 aliphatic rings. The van der Waals surface area contributed by atoms with Gasteiger partial charge in [-0.3, -0.25) is 4.68 Å². The Morgan fingerprint density at radius 3 is 3.00 bits per heavy atom. The molecule has 0 aliphatic carbocycles. The Bertz CT molecular complexity index is 343. The normalized spacial score (nSPS) is 25.4. The molecule has 0 aromatic carbocycles. The fourth-order valence-electron chi connectivity index (χ4n) is 2.65. The Morgan fingerprint density at radius 2 is 2.35 bits per heavy atom. The Morgan fingerprint density at radius 1 is 1.53 bits per heavy atom. The largest absolute Gasteiger partial charge is 0.314 e. The average Bonchev–Trinajstić information content (AvgIpc) is 2.78. The number of hydrogen-bond donors (Lipinski definition) is 1. The Kier molecular flexibility index (Phi) is 4.21. The zero-order valence-corrected chi connectivity index (χ0v) is 11.3. The van der Waals surface area contributed by atoms with Crippen LogP contribution in [0.1, 0.15) is 51.8 Å². The van der Waals surface area contributed by atoms with Crippen LogP contribution in [0.2, 0.25) is 0 Å². The van der Waals surface area contributed by atoms with Gasteiger partial charge < -0.3 is 5.32 Å². The minimum Gasteiger partial charge on any atom is -0.314 e. The summed E-state index contributed by atoms with van der Waals surface area (Å²) in [4.78, 5) is 0. The van der Waals surface area contributed by atoms with Crippen molar-refractivity contribution in [3.8, 4) is 0 Å². The van der Waals surface area contributed by atoms with E-state index in [1.54, 1.807) is 0 Å². The molecule has 3 nitrogen and oxygen atoms in total. The maximum atomic E-state index is 4.63. The molecular weight excluding hydrogens is 210 g/mol. The van der Waals surface area contributed by atoms with E-state index in [0.29, 0.717) is 12.1 Å². The van der Waals surface area contributed by atoms with Crippen LogP contribution in [-0.2, 0) is 6.42 Å². The van der Waals surface area contributed by atoms with Gasteiger partial charge in [0.1, 0.15) is 0 Å². The number of piperidine rings is 1. The molecule has 96 valence electrons. The first-order chi connectivity index (χ1) is 8.19. The zero-order valence-electron chi connectivity index (χ0n) is 11.3. The zero-order chi connectivity index (χ0) is 12.3. The Labute approximate surface area is 105 Å². The maximum Gasteiger partial charge on any atom is 0.0640 e. The van der Waals surface area contributed by atoms with Crippen molar-refractivity contribution in [1.29, 1.82) is 0 Å². The topological polar surface area (TPSA) is 29.9 Å². The van der Waals surface area contributed by atoms with Gasteiger partial charge in [0.05, 0.1) is 5.69 Å². The van der Waals surface area contributed by atoms with Gasteiger partial charge in [-0.2, -0.15) is 5.10 Å². The number of aromatic nitrogens is 2. The van der Waals surface area contributed by atoms with Crippen molar-refractivity contribution in [3.05, 3.63) is 18.0 Å². The SMILES string of the molecule is CCC1CCNC(Cc2ccn(C(C)C)n2)C1. The van der Waals surface area contributed by atoms with E-state index in [-0.39, 0.29) is 0 Å². The molecule has 0 radical (unpaired) electrons. The molecule has 3 heteroatoms. The summed E-state index contributed by atoms with van der Waals surface area (Å²) in [5.41, 5.74) is 1.23. The molecule has 0 spiro atoms. The first kappa shape index (κ1) is 12.6. The van der Waals surface area contributed by atoms with Crippen LogP contribution in [0.15, 0.2) is 12.3 Å². The third-order valence-electron chi connectivity index (χ3n) is 3.83. The number of nitrogens with one attached hydrogen (secondary N) is 1. The van der Waals surface area contributed by atoms with Gasteiger partial charge in [-0.25, -0.2) is 0 Å². The lowest BCUT2D eigenvalue weighted by molar-refractivity contribution is 0.292. The minimum absolute atomic E-state index is 0.464. The van der Waals surface area contributed by atoms with E-state index < -0.39 is 0 Å². The summed E-state index contributed by atoms with van der Waals surface area (Å²) in [5, 5.41) is 8.25.